The fourth-order valence-electron chi connectivity index (χ4n) is 3.29. The third-order valence-corrected chi connectivity index (χ3v) is 5.61. The van der Waals surface area contributed by atoms with Crippen LogP contribution in [0, 0.1) is 0 Å². The van der Waals surface area contributed by atoms with Crippen LogP contribution in [0.15, 0.2) is 78.9 Å². The molecule has 0 saturated carbocycles. The van der Waals surface area contributed by atoms with Crippen molar-refractivity contribution in [2.75, 3.05) is 13.7 Å². The van der Waals surface area contributed by atoms with Gasteiger partial charge in [-0.15, -0.1) is 0 Å². The van der Waals surface area contributed by atoms with Gasteiger partial charge in [0.2, 0.25) is 5.91 Å². The number of carbonyl (C=O) groups excluding carboxylic acids is 2. The molecule has 32 heavy (non-hydrogen) atoms. The van der Waals surface area contributed by atoms with Crippen LogP contribution < -0.4 is 10.1 Å². The molecule has 0 aliphatic heterocycles. The van der Waals surface area contributed by atoms with E-state index in [1.807, 2.05) is 48.5 Å². The number of likely N-dealkylation sites (N-methyl/N-ethyl adjacent to an activating group) is 1. The normalized spacial score (nSPS) is 11.5. The Kier molecular flexibility index (Phi) is 8.54. The van der Waals surface area contributed by atoms with Gasteiger partial charge in [0.1, 0.15) is 11.8 Å². The van der Waals surface area contributed by atoms with E-state index < -0.39 is 6.04 Å². The van der Waals surface area contributed by atoms with E-state index in [1.165, 1.54) is 4.90 Å². The summed E-state index contributed by atoms with van der Waals surface area (Å²) in [5.41, 5.74) is 1.69. The molecule has 3 rings (SSSR count). The predicted octanol–water partition coefficient (Wildman–Crippen LogP) is 4.76. The van der Waals surface area contributed by atoms with Gasteiger partial charge in [0.25, 0.3) is 5.91 Å². The zero-order valence-corrected chi connectivity index (χ0v) is 19.1. The molecule has 3 aromatic carbocycles. The highest BCUT2D eigenvalue weighted by molar-refractivity contribution is 6.31. The summed E-state index contributed by atoms with van der Waals surface area (Å²) in [6.45, 7) is -0.0538. The fraction of sp³-hybridized carbons (Fsp3) is 0.200. The number of amides is 2. The number of rotatable bonds is 9. The average molecular weight is 471 g/mol. The summed E-state index contributed by atoms with van der Waals surface area (Å²) < 4.78 is 5.67. The minimum absolute atomic E-state index is 0.174. The molecule has 0 aliphatic rings. The topological polar surface area (TPSA) is 58.6 Å². The molecule has 7 heteroatoms. The number of hydrogen-bond donors (Lipinski definition) is 1. The molecule has 5 nitrogen and oxygen atoms in total. The van der Waals surface area contributed by atoms with Gasteiger partial charge in [-0.2, -0.15) is 0 Å². The lowest BCUT2D eigenvalue weighted by molar-refractivity contribution is -0.142. The van der Waals surface area contributed by atoms with Crippen LogP contribution >= 0.6 is 23.2 Å². The van der Waals surface area contributed by atoms with E-state index in [-0.39, 0.29) is 25.0 Å². The summed E-state index contributed by atoms with van der Waals surface area (Å²) in [6.07, 6.45) is 0.359. The van der Waals surface area contributed by atoms with Gasteiger partial charge in [-0.3, -0.25) is 9.59 Å². The Labute approximate surface area is 197 Å². The first-order valence-corrected chi connectivity index (χ1v) is 10.9. The maximum atomic E-state index is 13.3. The van der Waals surface area contributed by atoms with Gasteiger partial charge < -0.3 is 15.0 Å². The van der Waals surface area contributed by atoms with Crippen LogP contribution in [-0.2, 0) is 22.6 Å². The molecule has 0 aromatic heterocycles. The van der Waals surface area contributed by atoms with E-state index >= 15 is 0 Å². The summed E-state index contributed by atoms with van der Waals surface area (Å²) in [7, 11) is 1.56. The minimum Gasteiger partial charge on any atom is -0.484 e. The van der Waals surface area contributed by atoms with Crippen molar-refractivity contribution in [2.45, 2.75) is 19.0 Å². The highest BCUT2D eigenvalue weighted by Gasteiger charge is 2.30. The Hall–Kier alpha value is -3.02. The van der Waals surface area contributed by atoms with E-state index in [2.05, 4.69) is 5.32 Å². The van der Waals surface area contributed by atoms with Crippen molar-refractivity contribution in [3.8, 4) is 5.75 Å². The Morgan fingerprint density at radius 1 is 0.938 bits per heavy atom. The number of benzene rings is 3. The third kappa shape index (κ3) is 6.49. The Balaban J connectivity index is 1.87. The lowest BCUT2D eigenvalue weighted by Crippen LogP contribution is -2.51. The van der Waals surface area contributed by atoms with Gasteiger partial charge in [-0.25, -0.2) is 0 Å². The molecule has 0 saturated heterocycles. The molecule has 0 radical (unpaired) electrons. The zero-order valence-electron chi connectivity index (χ0n) is 17.6. The molecule has 0 aliphatic carbocycles. The van der Waals surface area contributed by atoms with Gasteiger partial charge in [0.05, 0.1) is 0 Å². The number of nitrogens with zero attached hydrogens (tertiary/aromatic N) is 1. The second-order valence-electron chi connectivity index (χ2n) is 7.18. The Bertz CT molecular complexity index is 1040. The monoisotopic (exact) mass is 470 g/mol. The first kappa shape index (κ1) is 23.6. The molecule has 2 amide bonds. The highest BCUT2D eigenvalue weighted by atomic mass is 35.5. The first-order valence-electron chi connectivity index (χ1n) is 10.1. The molecule has 1 atom stereocenters. The van der Waals surface area contributed by atoms with Gasteiger partial charge in [0.15, 0.2) is 6.61 Å². The predicted molar refractivity (Wildman–Crippen MR) is 127 cm³/mol. The van der Waals surface area contributed by atoms with Crippen molar-refractivity contribution < 1.29 is 14.3 Å². The Morgan fingerprint density at radius 2 is 1.59 bits per heavy atom. The lowest BCUT2D eigenvalue weighted by atomic mass is 10.0. The van der Waals surface area contributed by atoms with Crippen LogP contribution in [0.1, 0.15) is 11.1 Å². The minimum atomic E-state index is -0.736. The van der Waals surface area contributed by atoms with E-state index in [0.29, 0.717) is 22.2 Å². The molecule has 3 aromatic rings. The SMILES string of the molecule is CNC(=O)[C@@H](Cc1ccccc1)N(Cc1ccccc1Cl)C(=O)COc1ccc(Cl)cc1. The van der Waals surface area contributed by atoms with E-state index in [1.54, 1.807) is 37.4 Å². The maximum absolute atomic E-state index is 13.3. The number of carbonyl (C=O) groups is 2. The van der Waals surface area contributed by atoms with Crippen LogP contribution in [-0.4, -0.2) is 36.4 Å². The maximum Gasteiger partial charge on any atom is 0.261 e. The van der Waals surface area contributed by atoms with E-state index in [0.717, 1.165) is 11.1 Å². The molecule has 166 valence electrons. The fourth-order valence-corrected chi connectivity index (χ4v) is 3.61. The van der Waals surface area contributed by atoms with Crippen molar-refractivity contribution >= 4 is 35.0 Å². The van der Waals surface area contributed by atoms with Crippen molar-refractivity contribution in [1.82, 2.24) is 10.2 Å². The molecular weight excluding hydrogens is 447 g/mol. The number of hydrogen-bond acceptors (Lipinski definition) is 3. The molecule has 0 fully saturated rings. The second-order valence-corrected chi connectivity index (χ2v) is 8.02. The number of nitrogens with one attached hydrogen (secondary N) is 1. The molecular formula is C25H24Cl2N2O3. The van der Waals surface area contributed by atoms with Crippen LogP contribution in [0.3, 0.4) is 0 Å². The summed E-state index contributed by atoms with van der Waals surface area (Å²) in [5.74, 6) is -0.0786. The van der Waals surface area contributed by atoms with Crippen LogP contribution in [0.4, 0.5) is 0 Å². The zero-order chi connectivity index (χ0) is 22.9. The lowest BCUT2D eigenvalue weighted by Gasteiger charge is -2.31. The third-order valence-electron chi connectivity index (χ3n) is 4.99. The second kappa shape index (κ2) is 11.6. The van der Waals surface area contributed by atoms with Gasteiger partial charge in [-0.1, -0.05) is 71.7 Å². The summed E-state index contributed by atoms with van der Waals surface area (Å²) in [4.78, 5) is 27.7. The summed E-state index contributed by atoms with van der Waals surface area (Å²) >= 11 is 12.3. The standard InChI is InChI=1S/C25H24Cl2N2O3/c1-28-25(31)23(15-18-7-3-2-4-8-18)29(16-19-9-5-6-10-22(19)27)24(30)17-32-21-13-11-20(26)12-14-21/h2-14,23H,15-17H2,1H3,(H,28,31)/t23-/m1/s1. The molecule has 0 spiro atoms. The highest BCUT2D eigenvalue weighted by Crippen LogP contribution is 2.21. The van der Waals surface area contributed by atoms with E-state index in [9.17, 15) is 9.59 Å². The van der Waals surface area contributed by atoms with Crippen LogP contribution in [0.5, 0.6) is 5.75 Å². The summed E-state index contributed by atoms with van der Waals surface area (Å²) in [5, 5.41) is 3.78. The molecule has 1 N–H and O–H groups in total. The molecule has 0 bridgehead atoms. The summed E-state index contributed by atoms with van der Waals surface area (Å²) in [6, 6.07) is 22.9. The van der Waals surface area contributed by atoms with Crippen LogP contribution in [0.2, 0.25) is 10.0 Å². The Morgan fingerprint density at radius 3 is 2.25 bits per heavy atom. The molecule has 0 heterocycles. The van der Waals surface area contributed by atoms with Crippen molar-refractivity contribution in [2.24, 2.45) is 0 Å². The average Bonchev–Trinajstić information content (AvgIpc) is 2.82. The van der Waals surface area contributed by atoms with Crippen LogP contribution in [0.25, 0.3) is 0 Å². The van der Waals surface area contributed by atoms with Crippen molar-refractivity contribution in [3.63, 3.8) is 0 Å². The van der Waals surface area contributed by atoms with Gasteiger partial charge in [0, 0.05) is 30.1 Å². The smallest absolute Gasteiger partial charge is 0.261 e. The number of halogens is 2. The van der Waals surface area contributed by atoms with E-state index in [4.69, 9.17) is 27.9 Å². The molecule has 0 unspecified atom stereocenters. The first-order chi connectivity index (χ1) is 15.5. The van der Waals surface area contributed by atoms with Crippen molar-refractivity contribution in [3.05, 3.63) is 100 Å². The van der Waals surface area contributed by atoms with Gasteiger partial charge in [-0.05, 0) is 41.5 Å². The quantitative estimate of drug-likeness (QED) is 0.490. The van der Waals surface area contributed by atoms with Crippen molar-refractivity contribution in [1.29, 1.82) is 0 Å². The number of ether oxygens (including phenoxy) is 1. The largest absolute Gasteiger partial charge is 0.484 e. The van der Waals surface area contributed by atoms with Gasteiger partial charge >= 0.3 is 0 Å².